The predicted octanol–water partition coefficient (Wildman–Crippen LogP) is 2.55. The average Bonchev–Trinajstić information content (AvgIpc) is 2.58. The molecule has 0 unspecified atom stereocenters. The number of anilines is 1. The summed E-state index contributed by atoms with van der Waals surface area (Å²) in [5, 5.41) is 9.09. The molecule has 0 aliphatic heterocycles. The molecule has 0 amide bonds. The van der Waals surface area contributed by atoms with Crippen LogP contribution in [0, 0.1) is 20.8 Å². The van der Waals surface area contributed by atoms with Crippen LogP contribution in [0.2, 0.25) is 0 Å². The second-order valence-corrected chi connectivity index (χ2v) is 4.31. The largest absolute Gasteiger partial charge is 0.475 e. The normalized spacial score (nSPS) is 10.6. The fourth-order valence-corrected chi connectivity index (χ4v) is 2.20. The molecule has 5 nitrogen and oxygen atoms in total. The van der Waals surface area contributed by atoms with Crippen LogP contribution in [0.4, 0.5) is 6.01 Å². The van der Waals surface area contributed by atoms with Crippen molar-refractivity contribution in [3.8, 4) is 11.3 Å². The lowest BCUT2D eigenvalue weighted by molar-refractivity contribution is 0.0665. The van der Waals surface area contributed by atoms with E-state index in [1.54, 1.807) is 0 Å². The van der Waals surface area contributed by atoms with E-state index >= 15 is 0 Å². The van der Waals surface area contributed by atoms with Gasteiger partial charge in [0.25, 0.3) is 6.01 Å². The number of aromatic carboxylic acids is 1. The summed E-state index contributed by atoms with van der Waals surface area (Å²) in [4.78, 5) is 15.1. The summed E-state index contributed by atoms with van der Waals surface area (Å²) in [7, 11) is 0. The molecule has 1 heterocycles. The van der Waals surface area contributed by atoms with Crippen LogP contribution in [-0.4, -0.2) is 16.1 Å². The Morgan fingerprint density at radius 2 is 1.83 bits per heavy atom. The van der Waals surface area contributed by atoms with Crippen LogP contribution >= 0.6 is 0 Å². The standard InChI is InChI=1S/C13H14N2O3/c1-6-4-7(2)9(8(3)5-6)10-11(12(16)17)18-13(14)15-10/h4-5H,1-3H3,(H2,14,15)(H,16,17). The fraction of sp³-hybridized carbons (Fsp3) is 0.231. The summed E-state index contributed by atoms with van der Waals surface area (Å²) < 4.78 is 4.94. The molecule has 5 heteroatoms. The Labute approximate surface area is 104 Å². The predicted molar refractivity (Wildman–Crippen MR) is 67.5 cm³/mol. The number of oxazole rings is 1. The van der Waals surface area contributed by atoms with Crippen LogP contribution in [0.1, 0.15) is 27.2 Å². The van der Waals surface area contributed by atoms with E-state index in [4.69, 9.17) is 15.3 Å². The zero-order chi connectivity index (χ0) is 13.4. The molecule has 3 N–H and O–H groups in total. The highest BCUT2D eigenvalue weighted by atomic mass is 16.4. The van der Waals surface area contributed by atoms with Crippen molar-refractivity contribution >= 4 is 12.0 Å². The zero-order valence-corrected chi connectivity index (χ0v) is 10.4. The first-order valence-corrected chi connectivity index (χ1v) is 5.48. The van der Waals surface area contributed by atoms with Gasteiger partial charge in [-0.3, -0.25) is 0 Å². The molecule has 1 aromatic carbocycles. The van der Waals surface area contributed by atoms with Crippen LogP contribution in [0.3, 0.4) is 0 Å². The minimum atomic E-state index is -1.17. The van der Waals surface area contributed by atoms with Crippen molar-refractivity contribution in [1.29, 1.82) is 0 Å². The van der Waals surface area contributed by atoms with Gasteiger partial charge in [-0.2, -0.15) is 4.98 Å². The van der Waals surface area contributed by atoms with Crippen molar-refractivity contribution in [2.45, 2.75) is 20.8 Å². The molecule has 0 radical (unpaired) electrons. The molecule has 0 aliphatic carbocycles. The van der Waals surface area contributed by atoms with Gasteiger partial charge in [0.15, 0.2) is 0 Å². The van der Waals surface area contributed by atoms with Gasteiger partial charge in [-0.25, -0.2) is 4.79 Å². The number of aromatic nitrogens is 1. The molecule has 0 spiro atoms. The second kappa shape index (κ2) is 4.18. The second-order valence-electron chi connectivity index (χ2n) is 4.31. The van der Waals surface area contributed by atoms with Crippen molar-refractivity contribution in [3.63, 3.8) is 0 Å². The molecule has 0 saturated heterocycles. The van der Waals surface area contributed by atoms with Crippen LogP contribution in [0.25, 0.3) is 11.3 Å². The molecule has 18 heavy (non-hydrogen) atoms. The minimum absolute atomic E-state index is 0.137. The number of hydrogen-bond donors (Lipinski definition) is 2. The highest BCUT2D eigenvalue weighted by Crippen LogP contribution is 2.31. The molecule has 0 aliphatic rings. The topological polar surface area (TPSA) is 89.4 Å². The molecule has 0 bridgehead atoms. The molecular formula is C13H14N2O3. The van der Waals surface area contributed by atoms with Crippen LogP contribution in [-0.2, 0) is 0 Å². The first-order chi connectivity index (χ1) is 8.40. The maximum atomic E-state index is 11.1. The molecule has 0 saturated carbocycles. The van der Waals surface area contributed by atoms with Gasteiger partial charge in [-0.1, -0.05) is 17.7 Å². The number of carboxylic acids is 1. The summed E-state index contributed by atoms with van der Waals surface area (Å²) in [5.74, 6) is -1.39. The number of carbonyl (C=O) groups is 1. The average molecular weight is 246 g/mol. The van der Waals surface area contributed by atoms with E-state index in [0.29, 0.717) is 0 Å². The van der Waals surface area contributed by atoms with Gasteiger partial charge >= 0.3 is 5.97 Å². The number of carboxylic acid groups (broad SMARTS) is 1. The summed E-state index contributed by atoms with van der Waals surface area (Å²) >= 11 is 0. The third kappa shape index (κ3) is 1.95. The van der Waals surface area contributed by atoms with Crippen LogP contribution < -0.4 is 5.73 Å². The Bertz CT molecular complexity index is 606. The Morgan fingerprint density at radius 3 is 2.33 bits per heavy atom. The van der Waals surface area contributed by atoms with Gasteiger partial charge in [-0.05, 0) is 31.9 Å². The monoisotopic (exact) mass is 246 g/mol. The maximum absolute atomic E-state index is 11.1. The van der Waals surface area contributed by atoms with Gasteiger partial charge in [0.1, 0.15) is 5.69 Å². The lowest BCUT2D eigenvalue weighted by atomic mass is 9.96. The molecule has 2 aromatic rings. The Hall–Kier alpha value is -2.30. The van der Waals surface area contributed by atoms with E-state index in [0.717, 1.165) is 22.3 Å². The maximum Gasteiger partial charge on any atom is 0.374 e. The number of nitrogens with two attached hydrogens (primary N) is 1. The number of rotatable bonds is 2. The Kier molecular flexibility index (Phi) is 2.82. The summed E-state index contributed by atoms with van der Waals surface area (Å²) in [5.41, 5.74) is 9.50. The van der Waals surface area contributed by atoms with Gasteiger partial charge in [0.2, 0.25) is 5.76 Å². The van der Waals surface area contributed by atoms with Crippen molar-refractivity contribution in [2.75, 3.05) is 5.73 Å². The van der Waals surface area contributed by atoms with Gasteiger partial charge in [0, 0.05) is 5.56 Å². The molecular weight excluding hydrogens is 232 g/mol. The van der Waals surface area contributed by atoms with E-state index in [9.17, 15) is 4.79 Å². The zero-order valence-electron chi connectivity index (χ0n) is 10.4. The fourth-order valence-electron chi connectivity index (χ4n) is 2.20. The van der Waals surface area contributed by atoms with Gasteiger partial charge < -0.3 is 15.3 Å². The lowest BCUT2D eigenvalue weighted by Gasteiger charge is -2.09. The van der Waals surface area contributed by atoms with E-state index in [2.05, 4.69) is 4.98 Å². The van der Waals surface area contributed by atoms with E-state index in [-0.39, 0.29) is 17.5 Å². The van der Waals surface area contributed by atoms with Crippen LogP contribution in [0.15, 0.2) is 16.5 Å². The van der Waals surface area contributed by atoms with Crippen molar-refractivity contribution in [3.05, 3.63) is 34.6 Å². The summed E-state index contributed by atoms with van der Waals surface area (Å²) in [6.07, 6.45) is 0. The van der Waals surface area contributed by atoms with Crippen molar-refractivity contribution < 1.29 is 14.3 Å². The third-order valence-electron chi connectivity index (χ3n) is 2.75. The molecule has 2 rings (SSSR count). The first-order valence-electron chi connectivity index (χ1n) is 5.48. The highest BCUT2D eigenvalue weighted by Gasteiger charge is 2.22. The first kappa shape index (κ1) is 12.2. The SMILES string of the molecule is Cc1cc(C)c(-c2nc(N)oc2C(=O)O)c(C)c1. The number of nitrogens with zero attached hydrogens (tertiary/aromatic N) is 1. The van der Waals surface area contributed by atoms with Crippen molar-refractivity contribution in [1.82, 2.24) is 4.98 Å². The van der Waals surface area contributed by atoms with E-state index < -0.39 is 5.97 Å². The lowest BCUT2D eigenvalue weighted by Crippen LogP contribution is -1.99. The van der Waals surface area contributed by atoms with Crippen molar-refractivity contribution in [2.24, 2.45) is 0 Å². The van der Waals surface area contributed by atoms with Crippen LogP contribution in [0.5, 0.6) is 0 Å². The number of nitrogen functional groups attached to an aromatic ring is 1. The van der Waals surface area contributed by atoms with Gasteiger partial charge in [0.05, 0.1) is 0 Å². The summed E-state index contributed by atoms with van der Waals surface area (Å²) in [6, 6.07) is 3.80. The number of benzene rings is 1. The minimum Gasteiger partial charge on any atom is -0.475 e. The smallest absolute Gasteiger partial charge is 0.374 e. The molecule has 0 atom stereocenters. The molecule has 1 aromatic heterocycles. The molecule has 0 fully saturated rings. The Morgan fingerprint density at radius 1 is 1.28 bits per heavy atom. The summed E-state index contributed by atoms with van der Waals surface area (Å²) in [6.45, 7) is 5.80. The number of hydrogen-bond acceptors (Lipinski definition) is 4. The quantitative estimate of drug-likeness (QED) is 0.849. The van der Waals surface area contributed by atoms with E-state index in [1.807, 2.05) is 32.9 Å². The molecule has 94 valence electrons. The highest BCUT2D eigenvalue weighted by molar-refractivity contribution is 5.93. The van der Waals surface area contributed by atoms with Gasteiger partial charge in [-0.15, -0.1) is 0 Å². The Balaban J connectivity index is 2.73. The third-order valence-corrected chi connectivity index (χ3v) is 2.75. The number of aryl methyl sites for hydroxylation is 3. The van der Waals surface area contributed by atoms with E-state index in [1.165, 1.54) is 0 Å².